The van der Waals surface area contributed by atoms with Gasteiger partial charge in [-0.15, -0.1) is 11.3 Å². The Kier molecular flexibility index (Phi) is 6.92. The third kappa shape index (κ3) is 4.86. The fourth-order valence-electron chi connectivity index (χ4n) is 4.61. The summed E-state index contributed by atoms with van der Waals surface area (Å²) in [5.74, 6) is 0. The number of thiophene rings is 1. The lowest BCUT2D eigenvalue weighted by atomic mass is 10.1. The second-order valence-corrected chi connectivity index (χ2v) is 10.2. The van der Waals surface area contributed by atoms with E-state index in [0.717, 1.165) is 53.2 Å². The summed E-state index contributed by atoms with van der Waals surface area (Å²) in [6.45, 7) is 8.60. The number of nitrogens with zero attached hydrogens (tertiary/aromatic N) is 2. The first-order valence-electron chi connectivity index (χ1n) is 12.0. The van der Waals surface area contributed by atoms with Gasteiger partial charge in [-0.1, -0.05) is 54.6 Å². The quantitative estimate of drug-likeness (QED) is 0.345. The SMILES string of the molecule is Cc1cnc2cc(-c3ccc(CN4CCNCC4C)cc3)sc2c1NC(CO)c1ccccc1. The number of benzene rings is 2. The van der Waals surface area contributed by atoms with Crippen molar-refractivity contribution < 1.29 is 5.11 Å². The van der Waals surface area contributed by atoms with Crippen LogP contribution in [0.5, 0.6) is 0 Å². The molecule has 34 heavy (non-hydrogen) atoms. The molecule has 1 saturated heterocycles. The normalized spacial score (nSPS) is 17.7. The van der Waals surface area contributed by atoms with Crippen LogP contribution in [0, 0.1) is 6.92 Å². The van der Waals surface area contributed by atoms with Crippen molar-refractivity contribution in [3.63, 3.8) is 0 Å². The van der Waals surface area contributed by atoms with Gasteiger partial charge in [-0.3, -0.25) is 9.88 Å². The standard InChI is InChI=1S/C28H32N4OS/c1-19-15-30-24-14-26(23-10-8-21(9-11-23)17-32-13-12-29-16-20(32)2)34-28(24)27(19)31-25(18-33)22-6-4-3-5-7-22/h3-11,14-15,20,25,29,33H,12-13,16-18H2,1-2H3,(H,30,31). The van der Waals surface area contributed by atoms with Crippen molar-refractivity contribution in [1.82, 2.24) is 15.2 Å². The van der Waals surface area contributed by atoms with E-state index < -0.39 is 0 Å². The smallest absolute Gasteiger partial charge is 0.0837 e. The van der Waals surface area contributed by atoms with Gasteiger partial charge in [0.05, 0.1) is 28.6 Å². The number of nitrogens with one attached hydrogen (secondary N) is 2. The summed E-state index contributed by atoms with van der Waals surface area (Å²) in [5, 5.41) is 17.1. The van der Waals surface area contributed by atoms with Crippen molar-refractivity contribution >= 4 is 27.2 Å². The minimum absolute atomic E-state index is 0.0264. The molecule has 176 valence electrons. The zero-order valence-corrected chi connectivity index (χ0v) is 20.6. The Balaban J connectivity index is 1.40. The van der Waals surface area contributed by atoms with Gasteiger partial charge >= 0.3 is 0 Å². The molecule has 1 aliphatic heterocycles. The fourth-order valence-corrected chi connectivity index (χ4v) is 5.79. The maximum absolute atomic E-state index is 10.1. The van der Waals surface area contributed by atoms with E-state index >= 15 is 0 Å². The van der Waals surface area contributed by atoms with Gasteiger partial charge in [0.15, 0.2) is 0 Å². The van der Waals surface area contributed by atoms with Crippen LogP contribution in [-0.4, -0.2) is 47.3 Å². The van der Waals surface area contributed by atoms with E-state index in [4.69, 9.17) is 4.98 Å². The highest BCUT2D eigenvalue weighted by molar-refractivity contribution is 7.22. The van der Waals surface area contributed by atoms with E-state index in [2.05, 4.69) is 59.7 Å². The largest absolute Gasteiger partial charge is 0.394 e. The molecule has 1 aliphatic rings. The second kappa shape index (κ2) is 10.2. The van der Waals surface area contributed by atoms with Crippen molar-refractivity contribution in [2.45, 2.75) is 32.5 Å². The van der Waals surface area contributed by atoms with Crippen molar-refractivity contribution in [1.29, 1.82) is 0 Å². The summed E-state index contributed by atoms with van der Waals surface area (Å²) in [6, 6.07) is 21.6. The number of anilines is 1. The number of aryl methyl sites for hydroxylation is 1. The van der Waals surface area contributed by atoms with Gasteiger partial charge in [-0.25, -0.2) is 0 Å². The van der Waals surface area contributed by atoms with E-state index in [1.54, 1.807) is 11.3 Å². The summed E-state index contributed by atoms with van der Waals surface area (Å²) < 4.78 is 1.13. The Morgan fingerprint density at radius 2 is 1.97 bits per heavy atom. The van der Waals surface area contributed by atoms with Crippen LogP contribution in [0.3, 0.4) is 0 Å². The first-order valence-corrected chi connectivity index (χ1v) is 12.8. The van der Waals surface area contributed by atoms with Crippen LogP contribution in [0.4, 0.5) is 5.69 Å². The van der Waals surface area contributed by atoms with Crippen LogP contribution in [0.25, 0.3) is 20.7 Å². The topological polar surface area (TPSA) is 60.4 Å². The van der Waals surface area contributed by atoms with Crippen LogP contribution >= 0.6 is 11.3 Å². The van der Waals surface area contributed by atoms with Crippen molar-refractivity contribution in [3.05, 3.63) is 83.6 Å². The zero-order chi connectivity index (χ0) is 23.5. The number of hydrogen-bond acceptors (Lipinski definition) is 6. The summed E-state index contributed by atoms with van der Waals surface area (Å²) in [4.78, 5) is 8.44. The predicted octanol–water partition coefficient (Wildman–Crippen LogP) is 5.21. The zero-order valence-electron chi connectivity index (χ0n) is 19.8. The summed E-state index contributed by atoms with van der Waals surface area (Å²) in [6.07, 6.45) is 1.92. The Labute approximate surface area is 205 Å². The maximum Gasteiger partial charge on any atom is 0.0837 e. The number of aliphatic hydroxyl groups excluding tert-OH is 1. The molecule has 0 saturated carbocycles. The number of aromatic nitrogens is 1. The predicted molar refractivity (Wildman–Crippen MR) is 142 cm³/mol. The van der Waals surface area contributed by atoms with E-state index in [1.165, 1.54) is 16.0 Å². The fraction of sp³-hybridized carbons (Fsp3) is 0.321. The highest BCUT2D eigenvalue weighted by Crippen LogP contribution is 2.39. The van der Waals surface area contributed by atoms with E-state index in [9.17, 15) is 5.11 Å². The third-order valence-corrected chi connectivity index (χ3v) is 7.89. The van der Waals surface area contributed by atoms with Gasteiger partial charge in [-0.05, 0) is 42.2 Å². The lowest BCUT2D eigenvalue weighted by molar-refractivity contribution is 0.165. The van der Waals surface area contributed by atoms with Gasteiger partial charge in [0, 0.05) is 43.3 Å². The first kappa shape index (κ1) is 23.0. The molecule has 5 rings (SSSR count). The van der Waals surface area contributed by atoms with E-state index in [0.29, 0.717) is 6.04 Å². The molecule has 4 aromatic rings. The van der Waals surface area contributed by atoms with Crippen LogP contribution in [0.15, 0.2) is 66.9 Å². The molecule has 0 amide bonds. The molecule has 0 bridgehead atoms. The van der Waals surface area contributed by atoms with Crippen LogP contribution in [0.2, 0.25) is 0 Å². The number of pyridine rings is 1. The summed E-state index contributed by atoms with van der Waals surface area (Å²) >= 11 is 1.76. The molecular weight excluding hydrogens is 440 g/mol. The first-order chi connectivity index (χ1) is 16.6. The number of piperazine rings is 1. The molecule has 3 N–H and O–H groups in total. The molecular formula is C28H32N4OS. The minimum Gasteiger partial charge on any atom is -0.394 e. The van der Waals surface area contributed by atoms with Crippen LogP contribution in [-0.2, 0) is 6.54 Å². The Morgan fingerprint density at radius 3 is 2.71 bits per heavy atom. The van der Waals surface area contributed by atoms with Gasteiger partial charge in [0.25, 0.3) is 0 Å². The van der Waals surface area contributed by atoms with Crippen molar-refractivity contribution in [3.8, 4) is 10.4 Å². The molecule has 5 nitrogen and oxygen atoms in total. The number of hydrogen-bond donors (Lipinski definition) is 3. The summed E-state index contributed by atoms with van der Waals surface area (Å²) in [5.41, 5.74) is 6.75. The van der Waals surface area contributed by atoms with Gasteiger partial charge in [-0.2, -0.15) is 0 Å². The molecule has 6 heteroatoms. The molecule has 0 aliphatic carbocycles. The average molecular weight is 473 g/mol. The highest BCUT2D eigenvalue weighted by atomic mass is 32.1. The van der Waals surface area contributed by atoms with E-state index in [-0.39, 0.29) is 12.6 Å². The molecule has 0 spiro atoms. The molecule has 2 aromatic carbocycles. The van der Waals surface area contributed by atoms with Crippen LogP contribution < -0.4 is 10.6 Å². The second-order valence-electron chi connectivity index (χ2n) is 9.15. The molecule has 2 aromatic heterocycles. The number of fused-ring (bicyclic) bond motifs is 1. The molecule has 1 fully saturated rings. The number of aliphatic hydroxyl groups is 1. The molecule has 0 radical (unpaired) electrons. The Bertz CT molecular complexity index is 1240. The number of rotatable bonds is 7. The Morgan fingerprint density at radius 1 is 1.18 bits per heavy atom. The van der Waals surface area contributed by atoms with Crippen molar-refractivity contribution in [2.24, 2.45) is 0 Å². The minimum atomic E-state index is -0.164. The van der Waals surface area contributed by atoms with E-state index in [1.807, 2.05) is 36.5 Å². The van der Waals surface area contributed by atoms with Gasteiger partial charge in [0.1, 0.15) is 0 Å². The molecule has 2 unspecified atom stereocenters. The highest BCUT2D eigenvalue weighted by Gasteiger charge is 2.19. The third-order valence-electron chi connectivity index (χ3n) is 6.70. The maximum atomic E-state index is 10.1. The lowest BCUT2D eigenvalue weighted by Gasteiger charge is -2.33. The average Bonchev–Trinajstić information content (AvgIpc) is 3.31. The van der Waals surface area contributed by atoms with Gasteiger partial charge in [0.2, 0.25) is 0 Å². The lowest BCUT2D eigenvalue weighted by Crippen LogP contribution is -2.49. The Hall–Kier alpha value is -2.77. The van der Waals surface area contributed by atoms with Crippen molar-refractivity contribution in [2.75, 3.05) is 31.6 Å². The van der Waals surface area contributed by atoms with Crippen LogP contribution in [0.1, 0.15) is 29.7 Å². The summed E-state index contributed by atoms with van der Waals surface area (Å²) in [7, 11) is 0. The molecule has 2 atom stereocenters. The monoisotopic (exact) mass is 472 g/mol. The van der Waals surface area contributed by atoms with Gasteiger partial charge < -0.3 is 15.7 Å². The molecule has 3 heterocycles.